The van der Waals surface area contributed by atoms with Crippen LogP contribution in [0.4, 0.5) is 0 Å². The molecule has 1 rings (SSSR count). The van der Waals surface area contributed by atoms with E-state index in [0.29, 0.717) is 0 Å². The first kappa shape index (κ1) is 13.7. The fourth-order valence-corrected chi connectivity index (χ4v) is 1.75. The summed E-state index contributed by atoms with van der Waals surface area (Å²) in [5.41, 5.74) is 1.26. The summed E-state index contributed by atoms with van der Waals surface area (Å²) in [6.45, 7) is 2.85. The van der Waals surface area contributed by atoms with Crippen molar-refractivity contribution in [1.82, 2.24) is 0 Å². The van der Waals surface area contributed by atoms with E-state index in [1.54, 1.807) is 0 Å². The van der Waals surface area contributed by atoms with Gasteiger partial charge in [0.05, 0.1) is 11.3 Å². The molecule has 0 aliphatic rings. The van der Waals surface area contributed by atoms with Gasteiger partial charge in [0, 0.05) is 0 Å². The maximum absolute atomic E-state index is 5.73. The highest BCUT2D eigenvalue weighted by atomic mass is 35.5. The number of unbranched alkanes of at least 4 members (excludes halogenated alkanes) is 2. The van der Waals surface area contributed by atoms with Crippen molar-refractivity contribution in [2.75, 3.05) is 6.61 Å². The molecule has 0 saturated carbocycles. The fourth-order valence-electron chi connectivity index (χ4n) is 1.42. The van der Waals surface area contributed by atoms with Crippen LogP contribution in [0.3, 0.4) is 0 Å². The highest BCUT2D eigenvalue weighted by Gasteiger charge is 1.97. The second-order valence-electron chi connectivity index (χ2n) is 3.95. The van der Waals surface area contributed by atoms with Crippen LogP contribution in [0.5, 0.6) is 5.75 Å². The molecule has 0 N–H and O–H groups in total. The molecule has 0 radical (unpaired) electrons. The molecule has 3 heteroatoms. The summed E-state index contributed by atoms with van der Waals surface area (Å²) >= 11 is 9.86. The smallest absolute Gasteiger partial charge is 0.119 e. The van der Waals surface area contributed by atoms with Gasteiger partial charge in [-0.3, -0.25) is 0 Å². The zero-order valence-electron chi connectivity index (χ0n) is 9.66. The quantitative estimate of drug-likeness (QED) is 0.433. The van der Waals surface area contributed by atoms with Crippen LogP contribution in [0.15, 0.2) is 24.3 Å². The minimum absolute atomic E-state index is 0.00184. The number of aryl methyl sites for hydroxylation is 1. The summed E-state index contributed by atoms with van der Waals surface area (Å²) in [6.07, 6.45) is 4.31. The molecule has 0 fully saturated rings. The average molecular weight is 259 g/mol. The number of rotatable bonds is 7. The van der Waals surface area contributed by atoms with Crippen molar-refractivity contribution in [2.24, 2.45) is 0 Å². The minimum atomic E-state index is -0.00184. The van der Waals surface area contributed by atoms with Gasteiger partial charge in [-0.1, -0.05) is 24.1 Å². The topological polar surface area (TPSA) is 9.23 Å². The second kappa shape index (κ2) is 7.86. The molecule has 0 aliphatic heterocycles. The van der Waals surface area contributed by atoms with E-state index in [1.165, 1.54) is 5.56 Å². The molecular formula is C13H19ClOS. The number of ether oxygens (including phenoxy) is 1. The highest BCUT2D eigenvalue weighted by Crippen LogP contribution is 2.14. The molecule has 1 unspecified atom stereocenters. The second-order valence-corrected chi connectivity index (χ2v) is 5.40. The van der Waals surface area contributed by atoms with E-state index < -0.39 is 0 Å². The molecule has 90 valence electrons. The van der Waals surface area contributed by atoms with Crippen LogP contribution in [0, 0.1) is 6.92 Å². The lowest BCUT2D eigenvalue weighted by atomic mass is 10.2. The molecule has 1 aromatic rings. The van der Waals surface area contributed by atoms with E-state index in [-0.39, 0.29) is 4.71 Å². The third-order valence-corrected chi connectivity index (χ3v) is 2.85. The van der Waals surface area contributed by atoms with Gasteiger partial charge in [0.25, 0.3) is 0 Å². The van der Waals surface area contributed by atoms with Gasteiger partial charge < -0.3 is 4.74 Å². The molecule has 0 spiro atoms. The van der Waals surface area contributed by atoms with Crippen molar-refractivity contribution in [3.63, 3.8) is 0 Å². The van der Waals surface area contributed by atoms with Crippen molar-refractivity contribution >= 4 is 24.2 Å². The summed E-state index contributed by atoms with van der Waals surface area (Å²) in [5, 5.41) is 0. The summed E-state index contributed by atoms with van der Waals surface area (Å²) in [4.78, 5) is 0. The first-order chi connectivity index (χ1) is 7.68. The van der Waals surface area contributed by atoms with Crippen LogP contribution >= 0.6 is 24.2 Å². The zero-order valence-corrected chi connectivity index (χ0v) is 11.3. The van der Waals surface area contributed by atoms with Gasteiger partial charge in [0.2, 0.25) is 0 Å². The molecule has 0 aliphatic carbocycles. The summed E-state index contributed by atoms with van der Waals surface area (Å²) < 4.78 is 5.61. The van der Waals surface area contributed by atoms with Crippen LogP contribution in [0.1, 0.15) is 31.2 Å². The Bertz CT molecular complexity index is 284. The number of hydrogen-bond acceptors (Lipinski definition) is 2. The van der Waals surface area contributed by atoms with Gasteiger partial charge in [-0.2, -0.15) is 12.6 Å². The molecule has 0 heterocycles. The number of halogens is 1. The SMILES string of the molecule is Cc1ccc(OCCCCCC(S)Cl)cc1. The summed E-state index contributed by atoms with van der Waals surface area (Å²) in [5.74, 6) is 0.954. The van der Waals surface area contributed by atoms with E-state index in [4.69, 9.17) is 16.3 Å². The van der Waals surface area contributed by atoms with Gasteiger partial charge in [-0.15, -0.1) is 11.6 Å². The van der Waals surface area contributed by atoms with Crippen molar-refractivity contribution in [3.8, 4) is 5.75 Å². The first-order valence-corrected chi connectivity index (χ1v) is 6.65. The van der Waals surface area contributed by atoms with E-state index in [1.807, 2.05) is 12.1 Å². The third-order valence-electron chi connectivity index (χ3n) is 2.38. The summed E-state index contributed by atoms with van der Waals surface area (Å²) in [7, 11) is 0. The van der Waals surface area contributed by atoms with Crippen molar-refractivity contribution in [2.45, 2.75) is 37.3 Å². The fraction of sp³-hybridized carbons (Fsp3) is 0.538. The van der Waals surface area contributed by atoms with Gasteiger partial charge in [-0.05, 0) is 38.3 Å². The zero-order chi connectivity index (χ0) is 11.8. The van der Waals surface area contributed by atoms with Crippen LogP contribution in [0.25, 0.3) is 0 Å². The van der Waals surface area contributed by atoms with E-state index in [2.05, 4.69) is 31.7 Å². The monoisotopic (exact) mass is 258 g/mol. The molecule has 0 bridgehead atoms. The first-order valence-electron chi connectivity index (χ1n) is 5.70. The lowest BCUT2D eigenvalue weighted by Gasteiger charge is -2.06. The number of benzene rings is 1. The Labute approximate surface area is 109 Å². The third kappa shape index (κ3) is 6.29. The van der Waals surface area contributed by atoms with Crippen molar-refractivity contribution in [3.05, 3.63) is 29.8 Å². The van der Waals surface area contributed by atoms with Crippen LogP contribution in [-0.2, 0) is 0 Å². The Kier molecular flexibility index (Phi) is 6.74. The van der Waals surface area contributed by atoms with Crippen LogP contribution < -0.4 is 4.74 Å². The van der Waals surface area contributed by atoms with Gasteiger partial charge in [0.15, 0.2) is 0 Å². The number of alkyl halides is 1. The van der Waals surface area contributed by atoms with Crippen molar-refractivity contribution in [1.29, 1.82) is 0 Å². The lowest BCUT2D eigenvalue weighted by Crippen LogP contribution is -1.97. The molecule has 1 aromatic carbocycles. The van der Waals surface area contributed by atoms with E-state index >= 15 is 0 Å². The van der Waals surface area contributed by atoms with Crippen molar-refractivity contribution < 1.29 is 4.74 Å². The predicted molar refractivity (Wildman–Crippen MR) is 73.8 cm³/mol. The Hall–Kier alpha value is -0.340. The molecule has 1 nitrogen and oxygen atoms in total. The molecule has 0 aromatic heterocycles. The van der Waals surface area contributed by atoms with Gasteiger partial charge in [-0.25, -0.2) is 0 Å². The Morgan fingerprint density at radius 2 is 1.88 bits per heavy atom. The lowest BCUT2D eigenvalue weighted by molar-refractivity contribution is 0.305. The van der Waals surface area contributed by atoms with E-state index in [9.17, 15) is 0 Å². The summed E-state index contributed by atoms with van der Waals surface area (Å²) in [6, 6.07) is 8.15. The normalized spacial score (nSPS) is 12.4. The predicted octanol–water partition coefficient (Wildman–Crippen LogP) is 4.43. The van der Waals surface area contributed by atoms with E-state index in [0.717, 1.165) is 38.0 Å². The largest absolute Gasteiger partial charge is 0.494 e. The Morgan fingerprint density at radius 1 is 1.19 bits per heavy atom. The Morgan fingerprint density at radius 3 is 2.50 bits per heavy atom. The minimum Gasteiger partial charge on any atom is -0.494 e. The number of hydrogen-bond donors (Lipinski definition) is 1. The highest BCUT2D eigenvalue weighted by molar-refractivity contribution is 7.82. The van der Waals surface area contributed by atoms with Crippen LogP contribution in [-0.4, -0.2) is 11.3 Å². The maximum atomic E-state index is 5.73. The molecule has 16 heavy (non-hydrogen) atoms. The molecule has 0 saturated heterocycles. The van der Waals surface area contributed by atoms with Crippen LogP contribution in [0.2, 0.25) is 0 Å². The standard InChI is InChI=1S/C13H19ClOS/c1-11-6-8-12(9-7-11)15-10-4-2-3-5-13(14)16/h6-9,13,16H,2-5,10H2,1H3. The molecular weight excluding hydrogens is 240 g/mol. The van der Waals surface area contributed by atoms with Gasteiger partial charge in [0.1, 0.15) is 5.75 Å². The molecule has 1 atom stereocenters. The maximum Gasteiger partial charge on any atom is 0.119 e. The molecule has 0 amide bonds. The van der Waals surface area contributed by atoms with Gasteiger partial charge >= 0.3 is 0 Å². The Balaban J connectivity index is 2.05. The average Bonchev–Trinajstić information content (AvgIpc) is 2.25. The number of thiol groups is 1.